The van der Waals surface area contributed by atoms with Crippen molar-refractivity contribution in [1.82, 2.24) is 0 Å². The Morgan fingerprint density at radius 2 is 1.62 bits per heavy atom. The van der Waals surface area contributed by atoms with Gasteiger partial charge in [0.2, 0.25) is 0 Å². The Labute approximate surface area is 82.8 Å². The zero-order valence-electron chi connectivity index (χ0n) is 9.80. The van der Waals surface area contributed by atoms with E-state index in [4.69, 9.17) is 13.3 Å². The van der Waals surface area contributed by atoms with E-state index >= 15 is 0 Å². The molecular weight excluding hydrogens is 184 g/mol. The molecule has 0 aromatic rings. The van der Waals surface area contributed by atoms with Gasteiger partial charge in [-0.3, -0.25) is 0 Å². The first kappa shape index (κ1) is 13.1. The quantitative estimate of drug-likeness (QED) is 0.661. The van der Waals surface area contributed by atoms with Crippen LogP contribution in [-0.2, 0) is 13.3 Å². The highest BCUT2D eigenvalue weighted by molar-refractivity contribution is 6.59. The predicted molar refractivity (Wildman–Crippen MR) is 55.7 cm³/mol. The molecule has 3 nitrogen and oxygen atoms in total. The minimum atomic E-state index is -2.42. The Bertz CT molecular complexity index is 153. The van der Waals surface area contributed by atoms with Crippen LogP contribution in [0.1, 0.15) is 34.6 Å². The van der Waals surface area contributed by atoms with E-state index in [1.807, 2.05) is 41.2 Å². The summed E-state index contributed by atoms with van der Waals surface area (Å²) < 4.78 is 16.8. The van der Waals surface area contributed by atoms with Crippen molar-refractivity contribution in [2.24, 2.45) is 0 Å². The summed E-state index contributed by atoms with van der Waals surface area (Å²) in [4.78, 5) is 0. The monoisotopic (exact) mass is 206 g/mol. The van der Waals surface area contributed by atoms with Crippen LogP contribution in [0.25, 0.3) is 0 Å². The van der Waals surface area contributed by atoms with Crippen molar-refractivity contribution in [3.8, 4) is 0 Å². The summed E-state index contributed by atoms with van der Waals surface area (Å²) in [5.74, 6) is 0. The van der Waals surface area contributed by atoms with Crippen LogP contribution in [0.2, 0.25) is 6.55 Å². The van der Waals surface area contributed by atoms with E-state index in [1.54, 1.807) is 7.11 Å². The van der Waals surface area contributed by atoms with Gasteiger partial charge in [0.25, 0.3) is 0 Å². The average Bonchev–Trinajstić information content (AvgIpc) is 1.81. The molecule has 80 valence electrons. The summed E-state index contributed by atoms with van der Waals surface area (Å²) in [5, 5.41) is 0. The molecule has 0 aromatic carbocycles. The summed E-state index contributed by atoms with van der Waals surface area (Å²) >= 11 is 0. The second-order valence-corrected chi connectivity index (χ2v) is 7.02. The molecule has 1 unspecified atom stereocenters. The van der Waals surface area contributed by atoms with E-state index < -0.39 is 8.80 Å². The molecule has 0 heterocycles. The highest BCUT2D eigenvalue weighted by Crippen LogP contribution is 2.19. The Morgan fingerprint density at radius 1 is 1.15 bits per heavy atom. The summed E-state index contributed by atoms with van der Waals surface area (Å²) in [5.41, 5.74) is -0.216. The largest absolute Gasteiger partial charge is 0.498 e. The van der Waals surface area contributed by atoms with Gasteiger partial charge >= 0.3 is 8.80 Å². The van der Waals surface area contributed by atoms with Crippen molar-refractivity contribution in [3.05, 3.63) is 0 Å². The molecule has 4 heteroatoms. The lowest BCUT2D eigenvalue weighted by Gasteiger charge is -2.33. The third-order valence-electron chi connectivity index (χ3n) is 1.31. The molecule has 0 radical (unpaired) electrons. The highest BCUT2D eigenvalue weighted by atomic mass is 28.4. The molecule has 0 aromatic heterocycles. The SMILES string of the molecule is CO[Si](C)(OC(C)C)OC(C)(C)C. The molecule has 0 aliphatic rings. The predicted octanol–water partition coefficient (Wildman–Crippen LogP) is 2.44. The van der Waals surface area contributed by atoms with Gasteiger partial charge in [0.1, 0.15) is 0 Å². The van der Waals surface area contributed by atoms with E-state index in [9.17, 15) is 0 Å². The fraction of sp³-hybridized carbons (Fsp3) is 1.00. The summed E-state index contributed by atoms with van der Waals surface area (Å²) in [6.07, 6.45) is 0.138. The van der Waals surface area contributed by atoms with Crippen LogP contribution in [-0.4, -0.2) is 27.6 Å². The van der Waals surface area contributed by atoms with Crippen molar-refractivity contribution < 1.29 is 13.3 Å². The summed E-state index contributed by atoms with van der Waals surface area (Å²) in [6.45, 7) is 11.9. The zero-order chi connectivity index (χ0) is 10.7. The van der Waals surface area contributed by atoms with Crippen molar-refractivity contribution in [2.45, 2.75) is 52.9 Å². The van der Waals surface area contributed by atoms with Gasteiger partial charge in [0.05, 0.1) is 5.60 Å². The third-order valence-corrected chi connectivity index (χ3v) is 3.94. The molecule has 0 N–H and O–H groups in total. The maximum Gasteiger partial charge on any atom is 0.498 e. The number of hydrogen-bond donors (Lipinski definition) is 0. The van der Waals surface area contributed by atoms with Crippen LogP contribution in [0.5, 0.6) is 0 Å². The number of rotatable bonds is 4. The van der Waals surface area contributed by atoms with E-state index in [-0.39, 0.29) is 11.7 Å². The van der Waals surface area contributed by atoms with E-state index in [0.717, 1.165) is 0 Å². The zero-order valence-corrected chi connectivity index (χ0v) is 10.8. The molecule has 0 aliphatic carbocycles. The van der Waals surface area contributed by atoms with Crippen LogP contribution in [0.15, 0.2) is 0 Å². The molecule has 1 atom stereocenters. The second kappa shape index (κ2) is 4.55. The van der Waals surface area contributed by atoms with Gasteiger partial charge < -0.3 is 13.3 Å². The lowest BCUT2D eigenvalue weighted by atomic mass is 10.2. The average molecular weight is 206 g/mol. The Morgan fingerprint density at radius 3 is 1.85 bits per heavy atom. The van der Waals surface area contributed by atoms with Gasteiger partial charge in [-0.2, -0.15) is 0 Å². The maximum atomic E-state index is 5.78. The number of hydrogen-bond acceptors (Lipinski definition) is 3. The third kappa shape index (κ3) is 6.21. The minimum Gasteiger partial charge on any atom is -0.377 e. The van der Waals surface area contributed by atoms with Gasteiger partial charge in [-0.25, -0.2) is 0 Å². The van der Waals surface area contributed by atoms with Crippen LogP contribution < -0.4 is 0 Å². The first-order chi connectivity index (χ1) is 5.68. The molecule has 0 aliphatic heterocycles. The van der Waals surface area contributed by atoms with E-state index in [2.05, 4.69) is 0 Å². The standard InChI is InChI=1S/C9H22O3Si/c1-8(2)11-13(7,10-6)12-9(3,4)5/h8H,1-7H3. The summed E-state index contributed by atoms with van der Waals surface area (Å²) in [7, 11) is -0.783. The van der Waals surface area contributed by atoms with Crippen LogP contribution in [0, 0.1) is 0 Å². The lowest BCUT2D eigenvalue weighted by Crippen LogP contribution is -2.48. The lowest BCUT2D eigenvalue weighted by molar-refractivity contribution is -0.00280. The van der Waals surface area contributed by atoms with Crippen LogP contribution in [0.3, 0.4) is 0 Å². The normalized spacial score (nSPS) is 17.5. The van der Waals surface area contributed by atoms with Crippen LogP contribution >= 0.6 is 0 Å². The van der Waals surface area contributed by atoms with Crippen molar-refractivity contribution >= 4 is 8.80 Å². The fourth-order valence-electron chi connectivity index (χ4n) is 1.10. The topological polar surface area (TPSA) is 27.7 Å². The highest BCUT2D eigenvalue weighted by Gasteiger charge is 2.38. The van der Waals surface area contributed by atoms with Crippen molar-refractivity contribution in [1.29, 1.82) is 0 Å². The van der Waals surface area contributed by atoms with Gasteiger partial charge in [0, 0.05) is 19.8 Å². The minimum absolute atomic E-state index is 0.138. The Kier molecular flexibility index (Phi) is 4.58. The van der Waals surface area contributed by atoms with Gasteiger partial charge in [-0.05, 0) is 34.6 Å². The van der Waals surface area contributed by atoms with E-state index in [1.165, 1.54) is 0 Å². The molecule has 0 fully saturated rings. The maximum absolute atomic E-state index is 5.78. The molecule has 0 bridgehead atoms. The molecule has 13 heavy (non-hydrogen) atoms. The molecule has 0 saturated carbocycles. The van der Waals surface area contributed by atoms with Crippen LogP contribution in [0.4, 0.5) is 0 Å². The smallest absolute Gasteiger partial charge is 0.377 e. The Balaban J connectivity index is 4.28. The van der Waals surface area contributed by atoms with Crippen molar-refractivity contribution in [3.63, 3.8) is 0 Å². The molecule has 0 saturated heterocycles. The first-order valence-electron chi connectivity index (χ1n) is 4.62. The summed E-state index contributed by atoms with van der Waals surface area (Å²) in [6, 6.07) is 0. The van der Waals surface area contributed by atoms with E-state index in [0.29, 0.717) is 0 Å². The fourth-order valence-corrected chi connectivity index (χ4v) is 3.29. The second-order valence-electron chi connectivity index (χ2n) is 4.45. The van der Waals surface area contributed by atoms with Gasteiger partial charge in [-0.1, -0.05) is 0 Å². The van der Waals surface area contributed by atoms with Gasteiger partial charge in [0.15, 0.2) is 0 Å². The first-order valence-corrected chi connectivity index (χ1v) is 6.84. The Hall–Kier alpha value is 0.0969. The molecule has 0 amide bonds. The molecule has 0 rings (SSSR count). The van der Waals surface area contributed by atoms with Gasteiger partial charge in [-0.15, -0.1) is 0 Å². The van der Waals surface area contributed by atoms with Crippen molar-refractivity contribution in [2.75, 3.05) is 7.11 Å². The molecule has 0 spiro atoms. The molecular formula is C9H22O3Si.